The molecule has 192 valence electrons. The van der Waals surface area contributed by atoms with Gasteiger partial charge in [-0.3, -0.25) is 9.10 Å². The summed E-state index contributed by atoms with van der Waals surface area (Å²) in [7, 11) is -4.41. The number of hydrogen-bond acceptors (Lipinski definition) is 5. The molecular weight excluding hydrogens is 507 g/mol. The van der Waals surface area contributed by atoms with Gasteiger partial charge in [0.25, 0.3) is 10.0 Å². The molecule has 2 aromatic rings. The summed E-state index contributed by atoms with van der Waals surface area (Å²) in [6.07, 6.45) is -3.17. The first-order chi connectivity index (χ1) is 16.5. The average Bonchev–Trinajstić information content (AvgIpc) is 2.83. The molecule has 1 atom stereocenters. The van der Waals surface area contributed by atoms with Crippen LogP contribution >= 0.6 is 11.6 Å². The number of piperidine rings is 1. The third-order valence-electron chi connectivity index (χ3n) is 5.75. The highest BCUT2D eigenvalue weighted by molar-refractivity contribution is 7.92. The van der Waals surface area contributed by atoms with Crippen LogP contribution in [0.1, 0.15) is 18.4 Å². The maximum absolute atomic E-state index is 13.5. The second kappa shape index (κ2) is 11.6. The lowest BCUT2D eigenvalue weighted by molar-refractivity contribution is -0.137. The van der Waals surface area contributed by atoms with Gasteiger partial charge in [-0.25, -0.2) is 8.42 Å². The molecule has 1 amide bonds. The Morgan fingerprint density at radius 1 is 1.20 bits per heavy atom. The summed E-state index contributed by atoms with van der Waals surface area (Å²) in [6.45, 7) is 1.06. The van der Waals surface area contributed by atoms with Crippen molar-refractivity contribution >= 4 is 33.2 Å². The molecule has 3 rings (SSSR count). The van der Waals surface area contributed by atoms with Crippen molar-refractivity contribution in [2.45, 2.75) is 23.9 Å². The molecule has 2 N–H and O–H groups in total. The molecule has 0 bridgehead atoms. The summed E-state index contributed by atoms with van der Waals surface area (Å²) < 4.78 is 67.8. The van der Waals surface area contributed by atoms with Gasteiger partial charge in [0.15, 0.2) is 0 Å². The molecule has 12 heteroatoms. The second-order valence-corrected chi connectivity index (χ2v) is 10.5. The van der Waals surface area contributed by atoms with E-state index < -0.39 is 39.9 Å². The molecule has 0 aromatic heterocycles. The molecule has 2 aromatic carbocycles. The molecule has 1 fully saturated rings. The predicted octanol–water partition coefficient (Wildman–Crippen LogP) is 3.37. The van der Waals surface area contributed by atoms with Gasteiger partial charge in [-0.2, -0.15) is 13.2 Å². The quantitative estimate of drug-likeness (QED) is 0.482. The first-order valence-corrected chi connectivity index (χ1v) is 12.9. The number of carbonyl (C=O) groups is 1. The average molecular weight is 534 g/mol. The standard InChI is InChI=1S/C23H27ClF3N3O4S/c24-20-9-8-18(23(25,26)27)13-21(20)30(35(33,34)19-6-2-1-3-7-19)16-22(32)29-11-4-5-17(15-29)14-28-10-12-31/h1-3,6-9,13,17,28,31H,4-5,10-12,14-16H2. The Balaban J connectivity index is 1.94. The summed E-state index contributed by atoms with van der Waals surface area (Å²) in [5.74, 6) is -0.430. The Hall–Kier alpha value is -2.34. The number of halogens is 4. The van der Waals surface area contributed by atoms with Crippen molar-refractivity contribution in [3.8, 4) is 0 Å². The molecular formula is C23H27ClF3N3O4S. The molecule has 1 saturated heterocycles. The summed E-state index contributed by atoms with van der Waals surface area (Å²) in [5, 5.41) is 11.8. The predicted molar refractivity (Wildman–Crippen MR) is 127 cm³/mol. The van der Waals surface area contributed by atoms with Crippen LogP contribution in [0.4, 0.5) is 18.9 Å². The zero-order valence-corrected chi connectivity index (χ0v) is 20.4. The van der Waals surface area contributed by atoms with Crippen LogP contribution in [0.15, 0.2) is 53.4 Å². The summed E-state index contributed by atoms with van der Waals surface area (Å²) in [6, 6.07) is 9.55. The Kier molecular flexibility index (Phi) is 9.03. The summed E-state index contributed by atoms with van der Waals surface area (Å²) in [5.41, 5.74) is -1.50. The van der Waals surface area contributed by atoms with Gasteiger partial charge in [-0.1, -0.05) is 29.8 Å². The number of nitrogens with one attached hydrogen (secondary N) is 1. The molecule has 7 nitrogen and oxygen atoms in total. The van der Waals surface area contributed by atoms with E-state index in [1.807, 2.05) is 0 Å². The van der Waals surface area contributed by atoms with Gasteiger partial charge in [0.2, 0.25) is 5.91 Å². The Morgan fingerprint density at radius 3 is 2.57 bits per heavy atom. The normalized spacial score (nSPS) is 16.8. The number of aliphatic hydroxyl groups is 1. The van der Waals surface area contributed by atoms with Gasteiger partial charge < -0.3 is 15.3 Å². The highest BCUT2D eigenvalue weighted by Gasteiger charge is 2.35. The fourth-order valence-corrected chi connectivity index (χ4v) is 5.68. The van der Waals surface area contributed by atoms with Crippen LogP contribution in [0.2, 0.25) is 5.02 Å². The van der Waals surface area contributed by atoms with Gasteiger partial charge >= 0.3 is 6.18 Å². The van der Waals surface area contributed by atoms with Crippen LogP contribution in [0.25, 0.3) is 0 Å². The van der Waals surface area contributed by atoms with Crippen molar-refractivity contribution < 1.29 is 31.5 Å². The van der Waals surface area contributed by atoms with Gasteiger partial charge in [0, 0.05) is 19.6 Å². The number of sulfonamides is 1. The molecule has 1 aliphatic heterocycles. The second-order valence-electron chi connectivity index (χ2n) is 8.26. The monoisotopic (exact) mass is 533 g/mol. The van der Waals surface area contributed by atoms with E-state index in [-0.39, 0.29) is 22.4 Å². The Bertz CT molecular complexity index is 1120. The lowest BCUT2D eigenvalue weighted by atomic mass is 9.98. The molecule has 0 radical (unpaired) electrons. The zero-order valence-electron chi connectivity index (χ0n) is 18.8. The smallest absolute Gasteiger partial charge is 0.395 e. The highest BCUT2D eigenvalue weighted by Crippen LogP contribution is 2.37. The largest absolute Gasteiger partial charge is 0.416 e. The van der Waals surface area contributed by atoms with E-state index in [0.29, 0.717) is 43.0 Å². The topological polar surface area (TPSA) is 90.0 Å². The molecule has 1 aliphatic rings. The summed E-state index contributed by atoms with van der Waals surface area (Å²) in [4.78, 5) is 14.6. The minimum absolute atomic E-state index is 0.0145. The molecule has 35 heavy (non-hydrogen) atoms. The highest BCUT2D eigenvalue weighted by atomic mass is 35.5. The first kappa shape index (κ1) is 27.3. The molecule has 1 heterocycles. The molecule has 0 saturated carbocycles. The van der Waals surface area contributed by atoms with E-state index >= 15 is 0 Å². The van der Waals surface area contributed by atoms with Crippen LogP contribution in [-0.2, 0) is 21.0 Å². The number of carbonyl (C=O) groups excluding carboxylic acids is 1. The summed E-state index contributed by atoms with van der Waals surface area (Å²) >= 11 is 6.17. The number of hydrogen-bond donors (Lipinski definition) is 2. The van der Waals surface area contributed by atoms with E-state index in [2.05, 4.69) is 5.32 Å². The van der Waals surface area contributed by atoms with Crippen molar-refractivity contribution in [2.75, 3.05) is 43.6 Å². The molecule has 1 unspecified atom stereocenters. The maximum Gasteiger partial charge on any atom is 0.416 e. The SMILES string of the molecule is O=C(CN(c1cc(C(F)(F)F)ccc1Cl)S(=O)(=O)c1ccccc1)N1CCCC(CNCCO)C1. The fraction of sp³-hybridized carbons (Fsp3) is 0.435. The van der Waals surface area contributed by atoms with Crippen molar-refractivity contribution in [2.24, 2.45) is 5.92 Å². The Morgan fingerprint density at radius 2 is 1.91 bits per heavy atom. The van der Waals surface area contributed by atoms with Gasteiger partial charge in [0.1, 0.15) is 6.54 Å². The van der Waals surface area contributed by atoms with Crippen molar-refractivity contribution in [3.05, 3.63) is 59.1 Å². The van der Waals surface area contributed by atoms with E-state index in [9.17, 15) is 26.4 Å². The number of likely N-dealkylation sites (tertiary alicyclic amines) is 1. The third-order valence-corrected chi connectivity index (χ3v) is 7.84. The van der Waals surface area contributed by atoms with E-state index in [1.165, 1.54) is 29.2 Å². The lowest BCUT2D eigenvalue weighted by Gasteiger charge is -2.35. The first-order valence-electron chi connectivity index (χ1n) is 11.1. The number of nitrogens with zero attached hydrogens (tertiary/aromatic N) is 2. The van der Waals surface area contributed by atoms with Crippen molar-refractivity contribution in [3.63, 3.8) is 0 Å². The lowest BCUT2D eigenvalue weighted by Crippen LogP contribution is -2.48. The number of amides is 1. The maximum atomic E-state index is 13.5. The van der Waals surface area contributed by atoms with Crippen LogP contribution < -0.4 is 9.62 Å². The van der Waals surface area contributed by atoms with Gasteiger partial charge in [-0.15, -0.1) is 0 Å². The van der Waals surface area contributed by atoms with Crippen LogP contribution in [0, 0.1) is 5.92 Å². The van der Waals surface area contributed by atoms with Crippen LogP contribution in [0.3, 0.4) is 0 Å². The van der Waals surface area contributed by atoms with Gasteiger partial charge in [0.05, 0.1) is 27.8 Å². The van der Waals surface area contributed by atoms with Crippen LogP contribution in [0.5, 0.6) is 0 Å². The minimum Gasteiger partial charge on any atom is -0.395 e. The zero-order chi connectivity index (χ0) is 25.6. The van der Waals surface area contributed by atoms with Gasteiger partial charge in [-0.05, 0) is 55.6 Å². The van der Waals surface area contributed by atoms with E-state index in [0.717, 1.165) is 18.6 Å². The third kappa shape index (κ3) is 6.87. The van der Waals surface area contributed by atoms with E-state index in [1.54, 1.807) is 6.07 Å². The molecule has 0 spiro atoms. The van der Waals surface area contributed by atoms with E-state index in [4.69, 9.17) is 16.7 Å². The van der Waals surface area contributed by atoms with Crippen molar-refractivity contribution in [1.82, 2.24) is 10.2 Å². The minimum atomic E-state index is -4.73. The fourth-order valence-electron chi connectivity index (χ4n) is 3.97. The number of aliphatic hydroxyl groups excluding tert-OH is 1. The molecule has 0 aliphatic carbocycles. The number of alkyl halides is 3. The number of benzene rings is 2. The van der Waals surface area contributed by atoms with Crippen molar-refractivity contribution in [1.29, 1.82) is 0 Å². The Labute approximate surface area is 207 Å². The van der Waals surface area contributed by atoms with Crippen LogP contribution in [-0.4, -0.2) is 63.7 Å². The number of rotatable bonds is 9. The number of anilines is 1.